The molecule has 0 amide bonds. The SMILES string of the molecule is O=C(O)c1cccc2c1ncn2C1CCOC1C1CC1. The van der Waals surface area contributed by atoms with E-state index < -0.39 is 5.97 Å². The monoisotopic (exact) mass is 272 g/mol. The number of rotatable bonds is 3. The van der Waals surface area contributed by atoms with Crippen molar-refractivity contribution in [2.45, 2.75) is 31.4 Å². The van der Waals surface area contributed by atoms with E-state index in [4.69, 9.17) is 4.74 Å². The second kappa shape index (κ2) is 4.31. The van der Waals surface area contributed by atoms with Gasteiger partial charge in [0.1, 0.15) is 5.52 Å². The molecule has 1 aliphatic heterocycles. The van der Waals surface area contributed by atoms with Gasteiger partial charge in [-0.25, -0.2) is 9.78 Å². The van der Waals surface area contributed by atoms with Gasteiger partial charge in [-0.3, -0.25) is 0 Å². The molecule has 0 spiro atoms. The van der Waals surface area contributed by atoms with Crippen LogP contribution in [0.2, 0.25) is 0 Å². The summed E-state index contributed by atoms with van der Waals surface area (Å²) in [5, 5.41) is 9.23. The van der Waals surface area contributed by atoms with E-state index in [9.17, 15) is 9.90 Å². The fraction of sp³-hybridized carbons (Fsp3) is 0.467. The number of para-hydroxylation sites is 1. The van der Waals surface area contributed by atoms with Gasteiger partial charge in [0.15, 0.2) is 0 Å². The number of ether oxygens (including phenoxy) is 1. The Balaban J connectivity index is 1.80. The molecule has 2 heterocycles. The van der Waals surface area contributed by atoms with Crippen molar-refractivity contribution < 1.29 is 14.6 Å². The quantitative estimate of drug-likeness (QED) is 0.932. The van der Waals surface area contributed by atoms with E-state index in [0.29, 0.717) is 11.4 Å². The lowest BCUT2D eigenvalue weighted by atomic mass is 10.1. The molecule has 2 aliphatic rings. The van der Waals surface area contributed by atoms with Gasteiger partial charge in [0.2, 0.25) is 0 Å². The summed E-state index contributed by atoms with van der Waals surface area (Å²) in [5.74, 6) is -0.259. The first kappa shape index (κ1) is 11.9. The molecule has 2 fully saturated rings. The number of aromatic carboxylic acids is 1. The zero-order valence-corrected chi connectivity index (χ0v) is 11.0. The van der Waals surface area contributed by atoms with Crippen molar-refractivity contribution >= 4 is 17.0 Å². The van der Waals surface area contributed by atoms with Crippen LogP contribution in [-0.2, 0) is 4.74 Å². The van der Waals surface area contributed by atoms with Crippen LogP contribution in [0.3, 0.4) is 0 Å². The molecular formula is C15H16N2O3. The third kappa shape index (κ3) is 1.73. The molecule has 0 bridgehead atoms. The topological polar surface area (TPSA) is 64.3 Å². The maximum atomic E-state index is 11.3. The number of nitrogens with zero attached hydrogens (tertiary/aromatic N) is 2. The van der Waals surface area contributed by atoms with E-state index in [1.165, 1.54) is 12.8 Å². The fourth-order valence-corrected chi connectivity index (χ4v) is 3.27. The van der Waals surface area contributed by atoms with Crippen LogP contribution in [0, 0.1) is 5.92 Å². The highest BCUT2D eigenvalue weighted by Crippen LogP contribution is 2.44. The predicted octanol–water partition coefficient (Wildman–Crippen LogP) is 2.47. The smallest absolute Gasteiger partial charge is 0.337 e. The summed E-state index contributed by atoms with van der Waals surface area (Å²) in [6.07, 6.45) is 5.50. The average Bonchev–Trinajstić information content (AvgIpc) is 3.01. The van der Waals surface area contributed by atoms with Crippen LogP contribution in [0.15, 0.2) is 24.5 Å². The van der Waals surface area contributed by atoms with Crippen molar-refractivity contribution in [3.8, 4) is 0 Å². The Hall–Kier alpha value is -1.88. The van der Waals surface area contributed by atoms with Gasteiger partial charge in [0.25, 0.3) is 0 Å². The number of benzene rings is 1. The summed E-state index contributed by atoms with van der Waals surface area (Å²) in [7, 11) is 0. The van der Waals surface area contributed by atoms with Crippen LogP contribution in [0.4, 0.5) is 0 Å². The number of carboxylic acid groups (broad SMARTS) is 1. The molecular weight excluding hydrogens is 256 g/mol. The Kier molecular flexibility index (Phi) is 2.57. The first-order valence-electron chi connectivity index (χ1n) is 7.06. The molecule has 1 saturated heterocycles. The number of hydrogen-bond acceptors (Lipinski definition) is 3. The Labute approximate surface area is 116 Å². The second-order valence-electron chi connectivity index (χ2n) is 5.66. The van der Waals surface area contributed by atoms with Crippen molar-refractivity contribution in [3.05, 3.63) is 30.1 Å². The number of fused-ring (bicyclic) bond motifs is 1. The molecule has 2 unspecified atom stereocenters. The lowest BCUT2D eigenvalue weighted by molar-refractivity contribution is 0.0699. The fourth-order valence-electron chi connectivity index (χ4n) is 3.27. The van der Waals surface area contributed by atoms with E-state index >= 15 is 0 Å². The summed E-state index contributed by atoms with van der Waals surface area (Å²) in [6.45, 7) is 0.782. The van der Waals surface area contributed by atoms with Crippen LogP contribution in [0.1, 0.15) is 35.7 Å². The Bertz CT molecular complexity index is 675. The Morgan fingerprint density at radius 3 is 2.95 bits per heavy atom. The van der Waals surface area contributed by atoms with E-state index in [1.54, 1.807) is 18.5 Å². The number of imidazole rings is 1. The highest BCUT2D eigenvalue weighted by molar-refractivity contribution is 6.00. The molecule has 5 heteroatoms. The van der Waals surface area contributed by atoms with Crippen LogP contribution in [-0.4, -0.2) is 33.3 Å². The minimum atomic E-state index is -0.928. The maximum Gasteiger partial charge on any atom is 0.337 e. The van der Waals surface area contributed by atoms with E-state index in [-0.39, 0.29) is 17.7 Å². The molecule has 20 heavy (non-hydrogen) atoms. The van der Waals surface area contributed by atoms with Gasteiger partial charge in [-0.05, 0) is 37.3 Å². The van der Waals surface area contributed by atoms with Crippen LogP contribution in [0.5, 0.6) is 0 Å². The number of hydrogen-bond donors (Lipinski definition) is 1. The van der Waals surface area contributed by atoms with Crippen LogP contribution < -0.4 is 0 Å². The third-order valence-corrected chi connectivity index (χ3v) is 4.38. The van der Waals surface area contributed by atoms with Gasteiger partial charge in [-0.1, -0.05) is 6.07 Å². The van der Waals surface area contributed by atoms with Gasteiger partial charge in [0.05, 0.1) is 29.6 Å². The molecule has 4 rings (SSSR count). The minimum absolute atomic E-state index is 0.265. The molecule has 1 aromatic heterocycles. The van der Waals surface area contributed by atoms with Gasteiger partial charge >= 0.3 is 5.97 Å². The van der Waals surface area contributed by atoms with E-state index in [0.717, 1.165) is 18.5 Å². The maximum absolute atomic E-state index is 11.3. The molecule has 2 atom stereocenters. The molecule has 2 aromatic rings. The highest BCUT2D eigenvalue weighted by atomic mass is 16.5. The Morgan fingerprint density at radius 1 is 1.35 bits per heavy atom. The second-order valence-corrected chi connectivity index (χ2v) is 5.66. The number of aromatic nitrogens is 2. The van der Waals surface area contributed by atoms with Gasteiger partial charge in [0, 0.05) is 6.61 Å². The summed E-state index contributed by atoms with van der Waals surface area (Å²) in [6, 6.07) is 5.62. The van der Waals surface area contributed by atoms with Crippen molar-refractivity contribution in [1.29, 1.82) is 0 Å². The highest BCUT2D eigenvalue weighted by Gasteiger charge is 2.41. The zero-order chi connectivity index (χ0) is 13.7. The lowest BCUT2D eigenvalue weighted by Crippen LogP contribution is -2.21. The standard InChI is InChI=1S/C15H16N2O3/c18-15(19)10-2-1-3-11-13(10)16-8-17(11)12-6-7-20-14(12)9-4-5-9/h1-3,8-9,12,14H,4-7H2,(H,18,19). The zero-order valence-electron chi connectivity index (χ0n) is 11.0. The molecule has 104 valence electrons. The lowest BCUT2D eigenvalue weighted by Gasteiger charge is -2.20. The van der Waals surface area contributed by atoms with Gasteiger partial charge < -0.3 is 14.4 Å². The van der Waals surface area contributed by atoms with Gasteiger partial charge in [-0.15, -0.1) is 0 Å². The average molecular weight is 272 g/mol. The van der Waals surface area contributed by atoms with Crippen molar-refractivity contribution in [2.75, 3.05) is 6.61 Å². The number of carbonyl (C=O) groups is 1. The van der Waals surface area contributed by atoms with Crippen molar-refractivity contribution in [1.82, 2.24) is 9.55 Å². The predicted molar refractivity (Wildman–Crippen MR) is 72.8 cm³/mol. The molecule has 1 saturated carbocycles. The van der Waals surface area contributed by atoms with E-state index in [2.05, 4.69) is 9.55 Å². The summed E-state index contributed by atoms with van der Waals surface area (Å²) in [5.41, 5.74) is 1.73. The van der Waals surface area contributed by atoms with Crippen LogP contribution >= 0.6 is 0 Å². The summed E-state index contributed by atoms with van der Waals surface area (Å²) >= 11 is 0. The van der Waals surface area contributed by atoms with Crippen LogP contribution in [0.25, 0.3) is 11.0 Å². The minimum Gasteiger partial charge on any atom is -0.478 e. The first-order chi connectivity index (χ1) is 9.75. The van der Waals surface area contributed by atoms with Crippen molar-refractivity contribution in [3.63, 3.8) is 0 Å². The number of carboxylic acids is 1. The summed E-state index contributed by atoms with van der Waals surface area (Å²) < 4.78 is 7.98. The summed E-state index contributed by atoms with van der Waals surface area (Å²) in [4.78, 5) is 15.6. The van der Waals surface area contributed by atoms with E-state index in [1.807, 2.05) is 6.07 Å². The third-order valence-electron chi connectivity index (χ3n) is 4.38. The molecule has 0 radical (unpaired) electrons. The van der Waals surface area contributed by atoms with Gasteiger partial charge in [-0.2, -0.15) is 0 Å². The Morgan fingerprint density at radius 2 is 2.20 bits per heavy atom. The first-order valence-corrected chi connectivity index (χ1v) is 7.06. The molecule has 1 N–H and O–H groups in total. The normalized spacial score (nSPS) is 26.2. The van der Waals surface area contributed by atoms with Crippen molar-refractivity contribution in [2.24, 2.45) is 5.92 Å². The molecule has 5 nitrogen and oxygen atoms in total. The molecule has 1 aromatic carbocycles. The molecule has 1 aliphatic carbocycles. The largest absolute Gasteiger partial charge is 0.478 e.